The number of nitrogens with zero attached hydrogens (tertiary/aromatic N) is 3. The molecule has 2 aromatic carbocycles. The second kappa shape index (κ2) is 8.71. The van der Waals surface area contributed by atoms with Crippen molar-refractivity contribution >= 4 is 17.5 Å². The van der Waals surface area contributed by atoms with Gasteiger partial charge in [0, 0.05) is 45.5 Å². The van der Waals surface area contributed by atoms with Crippen molar-refractivity contribution in [2.24, 2.45) is 0 Å². The van der Waals surface area contributed by atoms with Gasteiger partial charge in [-0.05, 0) is 30.2 Å². The van der Waals surface area contributed by atoms with Crippen molar-refractivity contribution in [3.05, 3.63) is 65.7 Å². The maximum atomic E-state index is 12.5. The van der Waals surface area contributed by atoms with Crippen LogP contribution in [0.1, 0.15) is 17.5 Å². The Morgan fingerprint density at radius 2 is 1.67 bits per heavy atom. The van der Waals surface area contributed by atoms with Crippen LogP contribution in [0.3, 0.4) is 0 Å². The van der Waals surface area contributed by atoms with E-state index in [9.17, 15) is 9.59 Å². The summed E-state index contributed by atoms with van der Waals surface area (Å²) in [5.41, 5.74) is 3.49. The number of carbonyl (C=O) groups excluding carboxylic acids is 2. The maximum Gasteiger partial charge on any atom is 0.232 e. The molecule has 3 rings (SSSR count). The second-order valence-corrected chi connectivity index (χ2v) is 7.12. The van der Waals surface area contributed by atoms with Crippen LogP contribution in [0.2, 0.25) is 0 Å². The highest BCUT2D eigenvalue weighted by atomic mass is 16.2. The Kier molecular flexibility index (Phi) is 6.12. The summed E-state index contributed by atoms with van der Waals surface area (Å²) in [6.45, 7) is 5.51. The van der Waals surface area contributed by atoms with Crippen LogP contribution in [0, 0.1) is 6.92 Å². The van der Waals surface area contributed by atoms with Crippen LogP contribution in [0.5, 0.6) is 0 Å². The zero-order chi connectivity index (χ0) is 19.2. The van der Waals surface area contributed by atoms with Gasteiger partial charge in [0.25, 0.3) is 0 Å². The second-order valence-electron chi connectivity index (χ2n) is 7.12. The monoisotopic (exact) mass is 365 g/mol. The molecule has 27 heavy (non-hydrogen) atoms. The quantitative estimate of drug-likeness (QED) is 0.765. The number of piperazine rings is 1. The van der Waals surface area contributed by atoms with E-state index in [0.717, 1.165) is 18.7 Å². The Morgan fingerprint density at radius 1 is 0.963 bits per heavy atom. The molecule has 1 saturated heterocycles. The van der Waals surface area contributed by atoms with Gasteiger partial charge in [-0.15, -0.1) is 0 Å². The van der Waals surface area contributed by atoms with Crippen LogP contribution in [-0.4, -0.2) is 54.8 Å². The Bertz CT molecular complexity index is 783. The Balaban J connectivity index is 1.48. The molecule has 1 aliphatic rings. The number of aryl methyl sites for hydroxylation is 1. The number of hydrogen-bond acceptors (Lipinski definition) is 3. The van der Waals surface area contributed by atoms with Gasteiger partial charge in [0.05, 0.1) is 0 Å². The molecule has 0 radical (unpaired) electrons. The summed E-state index contributed by atoms with van der Waals surface area (Å²) in [4.78, 5) is 30.6. The zero-order valence-electron chi connectivity index (χ0n) is 16.1. The molecule has 0 atom stereocenters. The van der Waals surface area contributed by atoms with E-state index in [1.807, 2.05) is 30.3 Å². The first-order valence-corrected chi connectivity index (χ1v) is 9.40. The molecule has 0 spiro atoms. The number of hydrogen-bond donors (Lipinski definition) is 0. The van der Waals surface area contributed by atoms with Gasteiger partial charge in [-0.1, -0.05) is 42.5 Å². The smallest absolute Gasteiger partial charge is 0.232 e. The molecule has 0 aliphatic carbocycles. The largest absolute Gasteiger partial charge is 0.368 e. The SMILES string of the molecule is Cc1cccc(N2CCN(C(=O)CC(=O)N(C)Cc3ccccc3)CC2)c1. The number of anilines is 1. The predicted molar refractivity (Wildman–Crippen MR) is 108 cm³/mol. The molecule has 2 aromatic rings. The van der Waals surface area contributed by atoms with Crippen LogP contribution >= 0.6 is 0 Å². The summed E-state index contributed by atoms with van der Waals surface area (Å²) >= 11 is 0. The highest BCUT2D eigenvalue weighted by Gasteiger charge is 2.24. The lowest BCUT2D eigenvalue weighted by atomic mass is 10.2. The van der Waals surface area contributed by atoms with E-state index >= 15 is 0 Å². The van der Waals surface area contributed by atoms with Gasteiger partial charge in [0.15, 0.2) is 0 Å². The number of amides is 2. The van der Waals surface area contributed by atoms with Gasteiger partial charge in [-0.2, -0.15) is 0 Å². The first-order chi connectivity index (χ1) is 13.0. The van der Waals surface area contributed by atoms with Crippen molar-refractivity contribution in [3.63, 3.8) is 0 Å². The summed E-state index contributed by atoms with van der Waals surface area (Å²) in [6, 6.07) is 18.2. The first-order valence-electron chi connectivity index (χ1n) is 9.40. The Hall–Kier alpha value is -2.82. The van der Waals surface area contributed by atoms with E-state index in [4.69, 9.17) is 0 Å². The predicted octanol–water partition coefficient (Wildman–Crippen LogP) is 2.69. The summed E-state index contributed by atoms with van der Waals surface area (Å²) < 4.78 is 0. The molecule has 0 unspecified atom stereocenters. The molecular weight excluding hydrogens is 338 g/mol. The minimum absolute atomic E-state index is 0.0617. The summed E-state index contributed by atoms with van der Waals surface area (Å²) in [5.74, 6) is -0.214. The molecule has 1 heterocycles. The van der Waals surface area contributed by atoms with Gasteiger partial charge < -0.3 is 14.7 Å². The maximum absolute atomic E-state index is 12.5. The Morgan fingerprint density at radius 3 is 2.33 bits per heavy atom. The van der Waals surface area contributed by atoms with Crippen LogP contribution in [0.25, 0.3) is 0 Å². The van der Waals surface area contributed by atoms with Crippen molar-refractivity contribution in [2.45, 2.75) is 19.9 Å². The Labute approximate surface area is 161 Å². The van der Waals surface area contributed by atoms with E-state index in [-0.39, 0.29) is 18.2 Å². The molecule has 142 valence electrons. The fourth-order valence-electron chi connectivity index (χ4n) is 3.36. The number of benzene rings is 2. The highest BCUT2D eigenvalue weighted by Crippen LogP contribution is 2.18. The topological polar surface area (TPSA) is 43.9 Å². The lowest BCUT2D eigenvalue weighted by molar-refractivity contribution is -0.140. The van der Waals surface area contributed by atoms with Crippen molar-refractivity contribution in [2.75, 3.05) is 38.1 Å². The molecule has 1 aliphatic heterocycles. The van der Waals surface area contributed by atoms with Crippen LogP contribution in [0.4, 0.5) is 5.69 Å². The fourth-order valence-corrected chi connectivity index (χ4v) is 3.36. The van der Waals surface area contributed by atoms with Crippen molar-refractivity contribution < 1.29 is 9.59 Å². The molecule has 5 heteroatoms. The molecule has 0 N–H and O–H groups in total. The highest BCUT2D eigenvalue weighted by molar-refractivity contribution is 5.96. The normalized spacial score (nSPS) is 14.1. The van der Waals surface area contributed by atoms with Crippen LogP contribution in [0.15, 0.2) is 54.6 Å². The third-order valence-electron chi connectivity index (χ3n) is 4.99. The summed E-state index contributed by atoms with van der Waals surface area (Å²) in [6.07, 6.45) is -0.0617. The first kappa shape index (κ1) is 19.0. The minimum Gasteiger partial charge on any atom is -0.368 e. The van der Waals surface area contributed by atoms with E-state index in [1.165, 1.54) is 11.3 Å². The molecule has 5 nitrogen and oxygen atoms in total. The number of carbonyl (C=O) groups is 2. The van der Waals surface area contributed by atoms with E-state index in [2.05, 4.69) is 36.1 Å². The van der Waals surface area contributed by atoms with Crippen LogP contribution in [-0.2, 0) is 16.1 Å². The van der Waals surface area contributed by atoms with Crippen molar-refractivity contribution in [1.82, 2.24) is 9.80 Å². The standard InChI is InChI=1S/C22H27N3O2/c1-18-7-6-10-20(15-18)24-11-13-25(14-12-24)22(27)16-21(26)23(2)17-19-8-4-3-5-9-19/h3-10,15H,11-14,16-17H2,1-2H3. The van der Waals surface area contributed by atoms with Crippen molar-refractivity contribution in [3.8, 4) is 0 Å². The van der Waals surface area contributed by atoms with E-state index in [0.29, 0.717) is 19.6 Å². The number of rotatable bonds is 5. The lowest BCUT2D eigenvalue weighted by Crippen LogP contribution is -2.49. The third kappa shape index (κ3) is 5.09. The van der Waals surface area contributed by atoms with Gasteiger partial charge >= 0.3 is 0 Å². The van der Waals surface area contributed by atoms with Gasteiger partial charge in [0.1, 0.15) is 6.42 Å². The fraction of sp³-hybridized carbons (Fsp3) is 0.364. The minimum atomic E-state index is -0.134. The summed E-state index contributed by atoms with van der Waals surface area (Å²) in [7, 11) is 1.75. The van der Waals surface area contributed by atoms with Gasteiger partial charge in [-0.25, -0.2) is 0 Å². The molecular formula is C22H27N3O2. The molecule has 2 amide bonds. The summed E-state index contributed by atoms with van der Waals surface area (Å²) in [5, 5.41) is 0. The van der Waals surface area contributed by atoms with Crippen molar-refractivity contribution in [1.29, 1.82) is 0 Å². The van der Waals surface area contributed by atoms with Gasteiger partial charge in [0.2, 0.25) is 11.8 Å². The average molecular weight is 365 g/mol. The van der Waals surface area contributed by atoms with Gasteiger partial charge in [-0.3, -0.25) is 9.59 Å². The van der Waals surface area contributed by atoms with E-state index < -0.39 is 0 Å². The average Bonchev–Trinajstić information content (AvgIpc) is 2.69. The van der Waals surface area contributed by atoms with E-state index in [1.54, 1.807) is 16.8 Å². The van der Waals surface area contributed by atoms with Crippen LogP contribution < -0.4 is 4.90 Å². The molecule has 0 aromatic heterocycles. The lowest BCUT2D eigenvalue weighted by Gasteiger charge is -2.36. The molecule has 0 saturated carbocycles. The third-order valence-corrected chi connectivity index (χ3v) is 4.99. The molecule has 0 bridgehead atoms. The molecule has 1 fully saturated rings. The zero-order valence-corrected chi connectivity index (χ0v) is 16.1.